The van der Waals surface area contributed by atoms with E-state index in [0.717, 1.165) is 63.1 Å². The highest BCUT2D eigenvalue weighted by Gasteiger charge is 2.16. The van der Waals surface area contributed by atoms with E-state index in [0.29, 0.717) is 6.54 Å². The lowest BCUT2D eigenvalue weighted by Gasteiger charge is -2.36. The van der Waals surface area contributed by atoms with Crippen molar-refractivity contribution in [1.29, 1.82) is 0 Å². The minimum Gasteiger partial charge on any atom is -0.369 e. The molecule has 3 aromatic rings. The summed E-state index contributed by atoms with van der Waals surface area (Å²) in [6.07, 6.45) is 3.06. The normalized spacial score (nSPS) is 15.5. The molecule has 0 radical (unpaired) electrons. The second-order valence-corrected chi connectivity index (χ2v) is 7.42. The maximum atomic E-state index is 4.31. The van der Waals surface area contributed by atoms with Gasteiger partial charge in [-0.25, -0.2) is 0 Å². The highest BCUT2D eigenvalue weighted by molar-refractivity contribution is 5.79. The number of aliphatic imine (C=N–C) groups is 1. The second kappa shape index (κ2) is 10.1. The summed E-state index contributed by atoms with van der Waals surface area (Å²) in [6, 6.07) is 16.6. The Bertz CT molecular complexity index is 944. The number of hydrogen-bond donors (Lipinski definition) is 2. The number of hydrogen-bond acceptors (Lipinski definition) is 5. The molecule has 3 heterocycles. The van der Waals surface area contributed by atoms with Crippen molar-refractivity contribution in [2.75, 3.05) is 51.2 Å². The van der Waals surface area contributed by atoms with Gasteiger partial charge < -0.3 is 15.5 Å². The summed E-state index contributed by atoms with van der Waals surface area (Å²) in [6.45, 7) is 6.97. The third-order valence-corrected chi connectivity index (χ3v) is 5.46. The molecule has 0 bridgehead atoms. The van der Waals surface area contributed by atoms with E-state index in [4.69, 9.17) is 0 Å². The van der Waals surface area contributed by atoms with Gasteiger partial charge in [-0.2, -0.15) is 0 Å². The van der Waals surface area contributed by atoms with E-state index in [-0.39, 0.29) is 0 Å². The fourth-order valence-electron chi connectivity index (χ4n) is 3.77. The molecule has 1 aliphatic rings. The molecule has 2 N–H and O–H groups in total. The molecule has 2 aromatic heterocycles. The largest absolute Gasteiger partial charge is 0.369 e. The van der Waals surface area contributed by atoms with Crippen LogP contribution in [0.1, 0.15) is 12.2 Å². The monoisotopic (exact) mass is 406 g/mol. The minimum absolute atomic E-state index is 0.576. The number of nitrogens with one attached hydrogen (secondary N) is 2. The van der Waals surface area contributed by atoms with Gasteiger partial charge in [0, 0.05) is 51.7 Å². The van der Waals surface area contributed by atoms with Crippen molar-refractivity contribution in [3.63, 3.8) is 0 Å². The molecule has 0 amide bonds. The Kier molecular flexibility index (Phi) is 6.76. The summed E-state index contributed by atoms with van der Waals surface area (Å²) in [5.74, 6) is 1.65. The summed E-state index contributed by atoms with van der Waals surface area (Å²) in [5.41, 5.74) is 2.18. The van der Waals surface area contributed by atoms with Crippen LogP contribution in [0.15, 0.2) is 59.7 Å². The van der Waals surface area contributed by atoms with Crippen LogP contribution in [-0.2, 0) is 6.54 Å². The maximum Gasteiger partial charge on any atom is 0.191 e. The van der Waals surface area contributed by atoms with Crippen LogP contribution in [-0.4, -0.2) is 71.8 Å². The van der Waals surface area contributed by atoms with Gasteiger partial charge in [-0.15, -0.1) is 10.2 Å². The first-order valence-electron chi connectivity index (χ1n) is 10.6. The Morgan fingerprint density at radius 1 is 0.967 bits per heavy atom. The van der Waals surface area contributed by atoms with Gasteiger partial charge in [-0.3, -0.25) is 14.3 Å². The lowest BCUT2D eigenvalue weighted by atomic mass is 10.2. The van der Waals surface area contributed by atoms with Crippen LogP contribution in [0, 0.1) is 0 Å². The zero-order valence-electron chi connectivity index (χ0n) is 17.5. The molecule has 4 rings (SSSR count). The fraction of sp³-hybridized carbons (Fsp3) is 0.409. The Hall–Kier alpha value is -3.13. The molecular weight excluding hydrogens is 376 g/mol. The van der Waals surface area contributed by atoms with Crippen molar-refractivity contribution >= 4 is 17.3 Å². The highest BCUT2D eigenvalue weighted by Crippen LogP contribution is 2.15. The van der Waals surface area contributed by atoms with Crippen LogP contribution in [0.2, 0.25) is 0 Å². The Morgan fingerprint density at radius 3 is 2.57 bits per heavy atom. The molecular formula is C22H30N8. The molecule has 0 spiro atoms. The molecule has 1 saturated heterocycles. The molecule has 158 valence electrons. The van der Waals surface area contributed by atoms with Crippen molar-refractivity contribution in [3.05, 3.63) is 60.6 Å². The van der Waals surface area contributed by atoms with Gasteiger partial charge in [0.05, 0.1) is 6.54 Å². The van der Waals surface area contributed by atoms with E-state index in [1.54, 1.807) is 7.05 Å². The number of fused-ring (bicyclic) bond motifs is 1. The minimum atomic E-state index is 0.576. The molecule has 0 saturated carbocycles. The number of para-hydroxylation sites is 1. The maximum absolute atomic E-state index is 4.31. The summed E-state index contributed by atoms with van der Waals surface area (Å²) in [7, 11) is 1.79. The molecule has 30 heavy (non-hydrogen) atoms. The summed E-state index contributed by atoms with van der Waals surface area (Å²) >= 11 is 0. The van der Waals surface area contributed by atoms with Gasteiger partial charge >= 0.3 is 0 Å². The molecule has 1 aliphatic heterocycles. The van der Waals surface area contributed by atoms with Gasteiger partial charge in [0.2, 0.25) is 0 Å². The van der Waals surface area contributed by atoms with Crippen LogP contribution >= 0.6 is 0 Å². The smallest absolute Gasteiger partial charge is 0.191 e. The lowest BCUT2D eigenvalue weighted by Crippen LogP contribution is -2.47. The number of pyridine rings is 1. The van der Waals surface area contributed by atoms with Crippen LogP contribution in [0.3, 0.4) is 0 Å². The zero-order chi connectivity index (χ0) is 20.6. The third-order valence-electron chi connectivity index (χ3n) is 5.46. The first-order valence-corrected chi connectivity index (χ1v) is 10.6. The Labute approximate surface area is 177 Å². The summed E-state index contributed by atoms with van der Waals surface area (Å²) < 4.78 is 1.98. The summed E-state index contributed by atoms with van der Waals surface area (Å²) in [5, 5.41) is 15.1. The standard InChI is InChI=1S/C22H30N8/c1-23-22(25-18-21-27-26-20-10-5-6-13-30(20)21)24-11-7-12-28-14-16-29(17-15-28)19-8-3-2-4-9-19/h2-6,8-10,13H,7,11-12,14-18H2,1H3,(H2,23,24,25). The number of aromatic nitrogens is 3. The number of guanidine groups is 1. The van der Waals surface area contributed by atoms with Gasteiger partial charge in [0.15, 0.2) is 17.4 Å². The molecule has 0 aliphatic carbocycles. The molecule has 0 atom stereocenters. The predicted octanol–water partition coefficient (Wildman–Crippen LogP) is 1.61. The van der Waals surface area contributed by atoms with E-state index >= 15 is 0 Å². The first kappa shape index (κ1) is 20.2. The van der Waals surface area contributed by atoms with Crippen molar-refractivity contribution in [3.8, 4) is 0 Å². The fourth-order valence-corrected chi connectivity index (χ4v) is 3.77. The average Bonchev–Trinajstić information content (AvgIpc) is 3.23. The number of piperazine rings is 1. The van der Waals surface area contributed by atoms with Gasteiger partial charge in [-0.1, -0.05) is 24.3 Å². The third kappa shape index (κ3) is 5.07. The molecule has 1 fully saturated rings. The van der Waals surface area contributed by atoms with E-state index in [9.17, 15) is 0 Å². The highest BCUT2D eigenvalue weighted by atomic mass is 15.3. The average molecular weight is 407 g/mol. The van der Waals surface area contributed by atoms with E-state index < -0.39 is 0 Å². The van der Waals surface area contributed by atoms with Crippen LogP contribution in [0.4, 0.5) is 5.69 Å². The first-order chi connectivity index (χ1) is 14.8. The molecule has 1 aromatic carbocycles. The van der Waals surface area contributed by atoms with Crippen molar-refractivity contribution in [2.45, 2.75) is 13.0 Å². The van der Waals surface area contributed by atoms with E-state index in [2.05, 4.69) is 66.0 Å². The number of nitrogens with zero attached hydrogens (tertiary/aromatic N) is 6. The topological polar surface area (TPSA) is 73.1 Å². The second-order valence-electron chi connectivity index (χ2n) is 7.42. The van der Waals surface area contributed by atoms with Crippen LogP contribution in [0.5, 0.6) is 0 Å². The Balaban J connectivity index is 1.14. The van der Waals surface area contributed by atoms with Crippen LogP contribution < -0.4 is 15.5 Å². The van der Waals surface area contributed by atoms with Gasteiger partial charge in [0.25, 0.3) is 0 Å². The van der Waals surface area contributed by atoms with Gasteiger partial charge in [0.1, 0.15) is 0 Å². The van der Waals surface area contributed by atoms with Gasteiger partial charge in [-0.05, 0) is 37.2 Å². The van der Waals surface area contributed by atoms with Crippen molar-refractivity contribution in [2.24, 2.45) is 4.99 Å². The Morgan fingerprint density at radius 2 is 1.77 bits per heavy atom. The molecule has 8 heteroatoms. The molecule has 0 unspecified atom stereocenters. The quantitative estimate of drug-likeness (QED) is 0.353. The zero-order valence-corrected chi connectivity index (χ0v) is 17.5. The summed E-state index contributed by atoms with van der Waals surface area (Å²) in [4.78, 5) is 9.32. The predicted molar refractivity (Wildman–Crippen MR) is 121 cm³/mol. The van der Waals surface area contributed by atoms with E-state index in [1.165, 1.54) is 5.69 Å². The SMILES string of the molecule is CN=C(NCCCN1CCN(c2ccccc2)CC1)NCc1nnc2ccccn12. The number of rotatable bonds is 7. The van der Waals surface area contributed by atoms with Crippen LogP contribution in [0.25, 0.3) is 5.65 Å². The number of anilines is 1. The lowest BCUT2D eigenvalue weighted by molar-refractivity contribution is 0.255. The number of benzene rings is 1. The molecule has 8 nitrogen and oxygen atoms in total. The van der Waals surface area contributed by atoms with Crippen molar-refractivity contribution < 1.29 is 0 Å². The van der Waals surface area contributed by atoms with E-state index in [1.807, 2.05) is 28.8 Å². The van der Waals surface area contributed by atoms with Crippen molar-refractivity contribution in [1.82, 2.24) is 30.1 Å².